The summed E-state index contributed by atoms with van der Waals surface area (Å²) in [7, 11) is 0. The fourth-order valence-corrected chi connectivity index (χ4v) is 4.90. The summed E-state index contributed by atoms with van der Waals surface area (Å²) < 4.78 is 14.7. The highest BCUT2D eigenvalue weighted by atomic mass is 79.9. The molecule has 6 rings (SSSR count). The van der Waals surface area contributed by atoms with Crippen molar-refractivity contribution in [2.75, 3.05) is 5.01 Å². The van der Waals surface area contributed by atoms with Gasteiger partial charge in [-0.25, -0.2) is 19.4 Å². The van der Waals surface area contributed by atoms with E-state index in [1.54, 1.807) is 12.1 Å². The highest BCUT2D eigenvalue weighted by Crippen LogP contribution is 2.38. The van der Waals surface area contributed by atoms with Gasteiger partial charge < -0.3 is 0 Å². The molecule has 4 aromatic carbocycles. The summed E-state index contributed by atoms with van der Waals surface area (Å²) in [6, 6.07) is 30.0. The highest BCUT2D eigenvalue weighted by Gasteiger charge is 2.32. The van der Waals surface area contributed by atoms with Crippen LogP contribution in [0.5, 0.6) is 0 Å². The Hall–Kier alpha value is -3.61. The lowest BCUT2D eigenvalue weighted by Crippen LogP contribution is -2.21. The number of anilines is 1. The Morgan fingerprint density at radius 3 is 2.33 bits per heavy atom. The van der Waals surface area contributed by atoms with E-state index in [-0.39, 0.29) is 11.9 Å². The van der Waals surface area contributed by atoms with Crippen molar-refractivity contribution < 1.29 is 4.39 Å². The average molecular weight is 558 g/mol. The van der Waals surface area contributed by atoms with Crippen LogP contribution in [0.3, 0.4) is 0 Å². The quantitative estimate of drug-likeness (QED) is 0.224. The van der Waals surface area contributed by atoms with Gasteiger partial charge >= 0.3 is 0 Å². The molecule has 0 aliphatic carbocycles. The van der Waals surface area contributed by atoms with Crippen LogP contribution in [0.1, 0.15) is 23.6 Å². The van der Waals surface area contributed by atoms with E-state index in [1.807, 2.05) is 77.8 Å². The molecule has 0 spiro atoms. The third-order valence-electron chi connectivity index (χ3n) is 6.24. The van der Waals surface area contributed by atoms with Gasteiger partial charge in [-0.2, -0.15) is 5.10 Å². The Balaban J connectivity index is 1.53. The minimum atomic E-state index is -0.275. The first-order valence-electron chi connectivity index (χ1n) is 11.5. The zero-order valence-corrected chi connectivity index (χ0v) is 21.3. The molecule has 0 radical (unpaired) electrons. The number of benzene rings is 4. The molecule has 0 N–H and O–H groups in total. The highest BCUT2D eigenvalue weighted by molar-refractivity contribution is 9.10. The summed E-state index contributed by atoms with van der Waals surface area (Å²) in [5, 5.41) is 8.33. The van der Waals surface area contributed by atoms with Crippen molar-refractivity contribution in [1.29, 1.82) is 0 Å². The van der Waals surface area contributed by atoms with Crippen LogP contribution in [-0.4, -0.2) is 15.7 Å². The smallest absolute Gasteiger partial charge is 0.223 e. The van der Waals surface area contributed by atoms with Crippen LogP contribution in [0.4, 0.5) is 10.3 Å². The summed E-state index contributed by atoms with van der Waals surface area (Å²) in [5.74, 6) is 0.202. The van der Waals surface area contributed by atoms with Crippen LogP contribution in [-0.2, 0) is 0 Å². The van der Waals surface area contributed by atoms with Crippen molar-refractivity contribution >= 4 is 50.1 Å². The topological polar surface area (TPSA) is 41.4 Å². The zero-order valence-electron chi connectivity index (χ0n) is 18.9. The van der Waals surface area contributed by atoms with Gasteiger partial charge in [-0.05, 0) is 53.6 Å². The maximum absolute atomic E-state index is 13.7. The van der Waals surface area contributed by atoms with Gasteiger partial charge in [0, 0.05) is 26.9 Å². The molecule has 0 saturated carbocycles. The number of hydrazone groups is 1. The van der Waals surface area contributed by atoms with Gasteiger partial charge in [0.2, 0.25) is 5.95 Å². The predicted molar refractivity (Wildman–Crippen MR) is 147 cm³/mol. The predicted octanol–water partition coefficient (Wildman–Crippen LogP) is 8.21. The van der Waals surface area contributed by atoms with Crippen LogP contribution in [0.15, 0.2) is 107 Å². The Morgan fingerprint density at radius 2 is 1.58 bits per heavy atom. The number of nitrogens with zero attached hydrogens (tertiary/aromatic N) is 4. The van der Waals surface area contributed by atoms with Gasteiger partial charge in [-0.1, -0.05) is 82.1 Å². The summed E-state index contributed by atoms with van der Waals surface area (Å²) in [5.41, 5.74) is 5.38. The Bertz CT molecular complexity index is 1590. The van der Waals surface area contributed by atoms with Crippen LogP contribution in [0, 0.1) is 5.82 Å². The van der Waals surface area contributed by atoms with Crippen molar-refractivity contribution in [3.8, 4) is 11.3 Å². The third-order valence-corrected chi connectivity index (χ3v) is 7.00. The summed E-state index contributed by atoms with van der Waals surface area (Å²) >= 11 is 9.84. The third kappa shape index (κ3) is 4.38. The average Bonchev–Trinajstić information content (AvgIpc) is 3.35. The van der Waals surface area contributed by atoms with E-state index in [2.05, 4.69) is 15.9 Å². The van der Waals surface area contributed by atoms with Gasteiger partial charge in [0.15, 0.2) is 0 Å². The lowest BCUT2D eigenvalue weighted by atomic mass is 9.98. The van der Waals surface area contributed by atoms with E-state index in [4.69, 9.17) is 26.7 Å². The number of hydrogen-bond acceptors (Lipinski definition) is 4. The van der Waals surface area contributed by atoms with E-state index in [9.17, 15) is 4.39 Å². The molecule has 5 aromatic rings. The number of hydrogen-bond donors (Lipinski definition) is 0. The maximum atomic E-state index is 13.7. The first-order chi connectivity index (χ1) is 17.5. The van der Waals surface area contributed by atoms with Crippen LogP contribution in [0.2, 0.25) is 5.02 Å². The van der Waals surface area contributed by atoms with Crippen molar-refractivity contribution in [3.63, 3.8) is 0 Å². The second kappa shape index (κ2) is 9.45. The molecular formula is C29H19BrClFN4. The standard InChI is InChI=1S/C29H19BrClFN4/c30-21-10-6-18(7-11-21)26-17-27(19-8-13-23(32)14-9-19)36(35-26)29-33-25-15-12-22(31)16-24(25)28(34-29)20-4-2-1-3-5-20/h1-16,27H,17H2. The molecule has 7 heteroatoms. The van der Waals surface area contributed by atoms with E-state index >= 15 is 0 Å². The largest absolute Gasteiger partial charge is 0.247 e. The number of rotatable bonds is 4. The minimum Gasteiger partial charge on any atom is -0.223 e. The second-order valence-corrected chi connectivity index (χ2v) is 9.92. The van der Waals surface area contributed by atoms with Gasteiger partial charge in [-0.15, -0.1) is 0 Å². The van der Waals surface area contributed by atoms with E-state index in [0.29, 0.717) is 17.4 Å². The first kappa shape index (κ1) is 22.8. The molecule has 36 heavy (non-hydrogen) atoms. The normalized spacial score (nSPS) is 15.4. The molecule has 0 fully saturated rings. The van der Waals surface area contributed by atoms with E-state index in [0.717, 1.165) is 43.5 Å². The van der Waals surface area contributed by atoms with Gasteiger partial charge in [-0.3, -0.25) is 0 Å². The van der Waals surface area contributed by atoms with Crippen LogP contribution in [0.25, 0.3) is 22.2 Å². The fraction of sp³-hybridized carbons (Fsp3) is 0.0690. The molecule has 1 aliphatic heterocycles. The van der Waals surface area contributed by atoms with Crippen molar-refractivity contribution in [3.05, 3.63) is 124 Å². The van der Waals surface area contributed by atoms with Crippen LogP contribution < -0.4 is 5.01 Å². The molecule has 2 heterocycles. The molecule has 176 valence electrons. The zero-order chi connectivity index (χ0) is 24.6. The summed E-state index contributed by atoms with van der Waals surface area (Å²) in [4.78, 5) is 9.88. The molecule has 0 saturated heterocycles. The Labute approximate surface area is 221 Å². The molecule has 0 bridgehead atoms. The molecule has 1 atom stereocenters. The van der Waals surface area contributed by atoms with Gasteiger partial charge in [0.25, 0.3) is 0 Å². The lowest BCUT2D eigenvalue weighted by molar-refractivity contribution is 0.623. The summed E-state index contributed by atoms with van der Waals surface area (Å²) in [6.45, 7) is 0. The maximum Gasteiger partial charge on any atom is 0.247 e. The van der Waals surface area contributed by atoms with E-state index < -0.39 is 0 Å². The molecule has 1 unspecified atom stereocenters. The number of halogens is 3. The molecular weight excluding hydrogens is 539 g/mol. The molecule has 0 amide bonds. The fourth-order valence-electron chi connectivity index (χ4n) is 4.46. The van der Waals surface area contributed by atoms with Crippen molar-refractivity contribution in [1.82, 2.24) is 9.97 Å². The van der Waals surface area contributed by atoms with E-state index in [1.165, 1.54) is 12.1 Å². The van der Waals surface area contributed by atoms with Crippen molar-refractivity contribution in [2.24, 2.45) is 5.10 Å². The second-order valence-electron chi connectivity index (χ2n) is 8.57. The lowest BCUT2D eigenvalue weighted by Gasteiger charge is -2.23. The Morgan fingerprint density at radius 1 is 0.833 bits per heavy atom. The monoisotopic (exact) mass is 556 g/mol. The van der Waals surface area contributed by atoms with Crippen LogP contribution >= 0.6 is 27.5 Å². The SMILES string of the molecule is Fc1ccc(C2CC(c3ccc(Br)cc3)=NN2c2nc(-c3ccccc3)c3cc(Cl)ccc3n2)cc1. The minimum absolute atomic E-state index is 0.183. The molecule has 1 aromatic heterocycles. The number of aromatic nitrogens is 2. The van der Waals surface area contributed by atoms with Crippen molar-refractivity contribution in [2.45, 2.75) is 12.5 Å². The summed E-state index contributed by atoms with van der Waals surface area (Å²) in [6.07, 6.45) is 0.635. The Kier molecular flexibility index (Phi) is 5.99. The first-order valence-corrected chi connectivity index (χ1v) is 12.6. The van der Waals surface area contributed by atoms with Gasteiger partial charge in [0.05, 0.1) is 23.0 Å². The number of fused-ring (bicyclic) bond motifs is 1. The molecule has 1 aliphatic rings. The van der Waals surface area contributed by atoms with Gasteiger partial charge in [0.1, 0.15) is 5.82 Å². The molecule has 4 nitrogen and oxygen atoms in total.